The molecule has 0 atom stereocenters. The predicted molar refractivity (Wildman–Crippen MR) is 121 cm³/mol. The van der Waals surface area contributed by atoms with E-state index in [1.54, 1.807) is 29.7 Å². The number of aryl methyl sites for hydroxylation is 1. The third-order valence-electron chi connectivity index (χ3n) is 4.58. The lowest BCUT2D eigenvalue weighted by Crippen LogP contribution is -2.13. The van der Waals surface area contributed by atoms with E-state index in [1.807, 2.05) is 59.4 Å². The summed E-state index contributed by atoms with van der Waals surface area (Å²) in [7, 11) is 0. The quantitative estimate of drug-likeness (QED) is 0.356. The van der Waals surface area contributed by atoms with Crippen molar-refractivity contribution in [2.24, 2.45) is 0 Å². The Morgan fingerprint density at radius 2 is 2.13 bits per heavy atom. The van der Waals surface area contributed by atoms with Gasteiger partial charge in [-0.15, -0.1) is 11.3 Å². The van der Waals surface area contributed by atoms with E-state index >= 15 is 0 Å². The monoisotopic (exact) mass is 447 g/mol. The van der Waals surface area contributed by atoms with Gasteiger partial charge >= 0.3 is 0 Å². The minimum absolute atomic E-state index is 0.206. The third-order valence-corrected chi connectivity index (χ3v) is 6.39. The van der Waals surface area contributed by atoms with Crippen molar-refractivity contribution < 1.29 is 9.32 Å². The van der Waals surface area contributed by atoms with E-state index in [0.717, 1.165) is 27.7 Å². The normalized spacial score (nSPS) is 11.1. The summed E-state index contributed by atoms with van der Waals surface area (Å²) in [4.78, 5) is 22.8. The number of thiazole rings is 1. The number of carbonyl (C=O) groups is 1. The number of anilines is 1. The van der Waals surface area contributed by atoms with E-state index in [4.69, 9.17) is 4.52 Å². The molecule has 0 bridgehead atoms. The first-order valence-electron chi connectivity index (χ1n) is 9.50. The van der Waals surface area contributed by atoms with Gasteiger partial charge in [0.15, 0.2) is 4.96 Å². The summed E-state index contributed by atoms with van der Waals surface area (Å²) >= 11 is 3.05. The molecular weight excluding hydrogens is 430 g/mol. The number of nitrogens with one attached hydrogen (secondary N) is 1. The van der Waals surface area contributed by atoms with Crippen molar-refractivity contribution in [1.29, 1.82) is 0 Å². The number of imidazole rings is 1. The van der Waals surface area contributed by atoms with Crippen LogP contribution in [0, 0.1) is 6.92 Å². The van der Waals surface area contributed by atoms with Gasteiger partial charge in [-0.25, -0.2) is 9.97 Å². The summed E-state index contributed by atoms with van der Waals surface area (Å²) in [5.74, 6) is 1.13. The topological polar surface area (TPSA) is 85.3 Å². The molecule has 4 aromatic heterocycles. The number of hydrogen-bond donors (Lipinski definition) is 1. The molecule has 0 unspecified atom stereocenters. The fraction of sp³-hybridized carbons (Fsp3) is 0.0909. The van der Waals surface area contributed by atoms with Crippen molar-refractivity contribution in [2.75, 3.05) is 5.32 Å². The number of fused-ring (bicyclic) bond motifs is 1. The Hall–Kier alpha value is -3.43. The molecule has 0 radical (unpaired) electrons. The molecule has 0 saturated carbocycles. The van der Waals surface area contributed by atoms with E-state index in [0.29, 0.717) is 22.0 Å². The van der Waals surface area contributed by atoms with Gasteiger partial charge in [0.2, 0.25) is 0 Å². The van der Waals surface area contributed by atoms with Crippen LogP contribution in [0.25, 0.3) is 16.2 Å². The zero-order chi connectivity index (χ0) is 21.2. The third kappa shape index (κ3) is 4.23. The number of carbonyl (C=O) groups excluding carboxylic acids is 1. The molecule has 31 heavy (non-hydrogen) atoms. The smallest absolute Gasteiger partial charge is 0.258 e. The first-order valence-corrected chi connectivity index (χ1v) is 11.4. The molecule has 1 amide bonds. The molecule has 0 aliphatic rings. The van der Waals surface area contributed by atoms with E-state index in [2.05, 4.69) is 20.4 Å². The molecular formula is C22H17N5O2S2. The number of pyridine rings is 1. The Kier molecular flexibility index (Phi) is 5.27. The van der Waals surface area contributed by atoms with Gasteiger partial charge in [-0.1, -0.05) is 29.1 Å². The van der Waals surface area contributed by atoms with Gasteiger partial charge in [0, 0.05) is 47.0 Å². The van der Waals surface area contributed by atoms with Crippen molar-refractivity contribution in [1.82, 2.24) is 19.5 Å². The average molecular weight is 448 g/mol. The first kappa shape index (κ1) is 19.5. The van der Waals surface area contributed by atoms with Gasteiger partial charge in [0.05, 0.1) is 17.0 Å². The molecule has 0 fully saturated rings. The zero-order valence-electron chi connectivity index (χ0n) is 16.5. The maximum absolute atomic E-state index is 12.9. The number of amides is 1. The summed E-state index contributed by atoms with van der Waals surface area (Å²) in [6.45, 7) is 1.85. The number of thioether (sulfide) groups is 1. The number of benzene rings is 1. The van der Waals surface area contributed by atoms with Gasteiger partial charge in [-0.3, -0.25) is 9.20 Å². The Morgan fingerprint density at radius 3 is 2.90 bits per heavy atom. The van der Waals surface area contributed by atoms with Crippen LogP contribution in [0.1, 0.15) is 21.8 Å². The fourth-order valence-electron chi connectivity index (χ4n) is 3.10. The summed E-state index contributed by atoms with van der Waals surface area (Å²) < 4.78 is 7.09. The van der Waals surface area contributed by atoms with Crippen LogP contribution in [-0.2, 0) is 5.75 Å². The Bertz CT molecular complexity index is 1330. The molecule has 1 aromatic carbocycles. The minimum Gasteiger partial charge on any atom is -0.361 e. The highest BCUT2D eigenvalue weighted by atomic mass is 32.2. The number of aromatic nitrogens is 4. The van der Waals surface area contributed by atoms with E-state index in [-0.39, 0.29) is 5.91 Å². The minimum atomic E-state index is -0.206. The lowest BCUT2D eigenvalue weighted by atomic mass is 10.1. The number of rotatable bonds is 6. The summed E-state index contributed by atoms with van der Waals surface area (Å²) in [6, 6.07) is 13.1. The lowest BCUT2D eigenvalue weighted by Gasteiger charge is -2.09. The highest BCUT2D eigenvalue weighted by Crippen LogP contribution is 2.26. The maximum atomic E-state index is 12.9. The second-order valence-electron chi connectivity index (χ2n) is 6.82. The maximum Gasteiger partial charge on any atom is 0.258 e. The van der Waals surface area contributed by atoms with Crippen LogP contribution >= 0.6 is 23.1 Å². The van der Waals surface area contributed by atoms with Crippen LogP contribution in [0.2, 0.25) is 0 Å². The van der Waals surface area contributed by atoms with Crippen molar-refractivity contribution in [2.45, 2.75) is 17.7 Å². The Morgan fingerprint density at radius 1 is 1.26 bits per heavy atom. The van der Waals surface area contributed by atoms with Crippen LogP contribution in [-0.4, -0.2) is 25.4 Å². The average Bonchev–Trinajstić information content (AvgIpc) is 3.49. The molecule has 7 nitrogen and oxygen atoms in total. The van der Waals surface area contributed by atoms with Gasteiger partial charge in [-0.2, -0.15) is 0 Å². The Balaban J connectivity index is 1.29. The standard InChI is InChI=1S/C22H17N5O2S2/c1-14-11-17(26-29-14)13-31-21-18(3-2-8-23-21)20(28)24-16-6-4-15(5-7-16)19-12-27-9-10-30-22(27)25-19/h2-12H,13H2,1H3,(H,24,28). The highest BCUT2D eigenvalue weighted by molar-refractivity contribution is 7.98. The molecule has 9 heteroatoms. The molecule has 154 valence electrons. The number of nitrogens with zero attached hydrogens (tertiary/aromatic N) is 4. The second kappa shape index (κ2) is 8.37. The molecule has 0 saturated heterocycles. The fourth-order valence-corrected chi connectivity index (χ4v) is 4.67. The van der Waals surface area contributed by atoms with Crippen molar-refractivity contribution in [3.8, 4) is 11.3 Å². The van der Waals surface area contributed by atoms with Crippen molar-refractivity contribution in [3.05, 3.63) is 83.5 Å². The second-order valence-corrected chi connectivity index (χ2v) is 8.66. The van der Waals surface area contributed by atoms with Crippen LogP contribution < -0.4 is 5.32 Å². The summed E-state index contributed by atoms with van der Waals surface area (Å²) in [6.07, 6.45) is 5.66. The SMILES string of the molecule is Cc1cc(CSc2ncccc2C(=O)Nc2ccc(-c3cn4ccsc4n3)cc2)no1. The van der Waals surface area contributed by atoms with Crippen LogP contribution in [0.4, 0.5) is 5.69 Å². The summed E-state index contributed by atoms with van der Waals surface area (Å²) in [5.41, 5.74) is 3.94. The first-order chi connectivity index (χ1) is 15.2. The van der Waals surface area contributed by atoms with Crippen molar-refractivity contribution >= 4 is 39.7 Å². The molecule has 0 aliphatic carbocycles. The van der Waals surface area contributed by atoms with E-state index < -0.39 is 0 Å². The summed E-state index contributed by atoms with van der Waals surface area (Å²) in [5, 5.41) is 9.59. The van der Waals surface area contributed by atoms with E-state index in [9.17, 15) is 4.79 Å². The molecule has 5 aromatic rings. The largest absolute Gasteiger partial charge is 0.361 e. The van der Waals surface area contributed by atoms with Gasteiger partial charge in [0.1, 0.15) is 10.8 Å². The van der Waals surface area contributed by atoms with Crippen LogP contribution in [0.5, 0.6) is 0 Å². The molecule has 1 N–H and O–H groups in total. The van der Waals surface area contributed by atoms with Crippen LogP contribution in [0.3, 0.4) is 0 Å². The highest BCUT2D eigenvalue weighted by Gasteiger charge is 2.14. The molecule has 0 aliphatic heterocycles. The molecule has 5 rings (SSSR count). The molecule has 4 heterocycles. The van der Waals surface area contributed by atoms with Gasteiger partial charge in [-0.05, 0) is 31.2 Å². The van der Waals surface area contributed by atoms with Gasteiger partial charge in [0.25, 0.3) is 5.91 Å². The Labute approximate surface area is 186 Å². The number of hydrogen-bond acceptors (Lipinski definition) is 7. The van der Waals surface area contributed by atoms with Crippen molar-refractivity contribution in [3.63, 3.8) is 0 Å². The van der Waals surface area contributed by atoms with E-state index in [1.165, 1.54) is 11.8 Å². The van der Waals surface area contributed by atoms with Crippen LogP contribution in [0.15, 0.2) is 76.0 Å². The van der Waals surface area contributed by atoms with Gasteiger partial charge < -0.3 is 9.84 Å². The molecule has 0 spiro atoms. The zero-order valence-corrected chi connectivity index (χ0v) is 18.1. The predicted octanol–water partition coefficient (Wildman–Crippen LogP) is 5.30. The lowest BCUT2D eigenvalue weighted by molar-refractivity contribution is 0.102.